The molecule has 0 aliphatic carbocycles. The van der Waals surface area contributed by atoms with Crippen LogP contribution in [0.1, 0.15) is 28.8 Å². The summed E-state index contributed by atoms with van der Waals surface area (Å²) in [5.41, 5.74) is 2.03. The number of imidazole rings is 1. The Hall–Kier alpha value is -1.65. The Labute approximate surface area is 132 Å². The standard InChI is InChI=1S/C16H15ClN2OS/c1-2-9-19-12-6-4-3-5-11(12)18-16(19)10-13(20)14-7-8-15(17)21-14/h3-8H,2,9-10H2,1H3. The molecular formula is C16H15ClN2OS. The highest BCUT2D eigenvalue weighted by atomic mass is 35.5. The van der Waals surface area contributed by atoms with Gasteiger partial charge in [0, 0.05) is 6.54 Å². The monoisotopic (exact) mass is 318 g/mol. The Kier molecular flexibility index (Phi) is 4.08. The molecule has 2 aromatic heterocycles. The van der Waals surface area contributed by atoms with Gasteiger partial charge in [-0.3, -0.25) is 4.79 Å². The summed E-state index contributed by atoms with van der Waals surface area (Å²) in [5, 5.41) is 0. The lowest BCUT2D eigenvalue weighted by Crippen LogP contribution is -2.09. The normalized spacial score (nSPS) is 11.1. The third-order valence-electron chi connectivity index (χ3n) is 3.35. The van der Waals surface area contributed by atoms with Gasteiger partial charge in [-0.05, 0) is 30.7 Å². The Bertz CT molecular complexity index is 791. The van der Waals surface area contributed by atoms with Gasteiger partial charge in [0.1, 0.15) is 5.82 Å². The van der Waals surface area contributed by atoms with Crippen molar-refractivity contribution < 1.29 is 4.79 Å². The summed E-state index contributed by atoms with van der Waals surface area (Å²) in [4.78, 5) is 17.7. The van der Waals surface area contributed by atoms with Crippen LogP contribution in [-0.4, -0.2) is 15.3 Å². The summed E-state index contributed by atoms with van der Waals surface area (Å²) in [7, 11) is 0. The zero-order valence-corrected chi connectivity index (χ0v) is 13.2. The number of halogens is 1. The van der Waals surface area contributed by atoms with Crippen molar-refractivity contribution in [3.8, 4) is 0 Å². The molecule has 0 radical (unpaired) electrons. The predicted molar refractivity (Wildman–Crippen MR) is 87.4 cm³/mol. The molecule has 0 spiro atoms. The molecule has 0 amide bonds. The smallest absolute Gasteiger partial charge is 0.180 e. The van der Waals surface area contributed by atoms with Crippen molar-refractivity contribution in [2.24, 2.45) is 0 Å². The number of nitrogens with zero attached hydrogens (tertiary/aromatic N) is 2. The quantitative estimate of drug-likeness (QED) is 0.645. The molecule has 21 heavy (non-hydrogen) atoms. The molecule has 3 rings (SSSR count). The summed E-state index contributed by atoms with van der Waals surface area (Å²) in [5.74, 6) is 0.895. The number of carbonyl (C=O) groups excluding carboxylic acids is 1. The van der Waals surface area contributed by atoms with E-state index in [-0.39, 0.29) is 5.78 Å². The second kappa shape index (κ2) is 6.00. The van der Waals surface area contributed by atoms with E-state index < -0.39 is 0 Å². The molecule has 2 heterocycles. The van der Waals surface area contributed by atoms with Gasteiger partial charge in [0.25, 0.3) is 0 Å². The second-order valence-corrected chi connectivity index (χ2v) is 6.59. The van der Waals surface area contributed by atoms with Crippen molar-refractivity contribution in [2.45, 2.75) is 26.3 Å². The molecule has 3 aromatic rings. The maximum absolute atomic E-state index is 12.4. The lowest BCUT2D eigenvalue weighted by Gasteiger charge is -2.06. The molecule has 0 N–H and O–H groups in total. The fourth-order valence-electron chi connectivity index (χ4n) is 2.43. The van der Waals surface area contributed by atoms with E-state index in [1.807, 2.05) is 24.3 Å². The lowest BCUT2D eigenvalue weighted by molar-refractivity contribution is 0.0993. The number of aryl methyl sites for hydroxylation is 1. The number of carbonyl (C=O) groups is 1. The van der Waals surface area contributed by atoms with Gasteiger partial charge in [0.05, 0.1) is 26.7 Å². The fourth-order valence-corrected chi connectivity index (χ4v) is 3.41. The van der Waals surface area contributed by atoms with Gasteiger partial charge in [-0.1, -0.05) is 30.7 Å². The van der Waals surface area contributed by atoms with E-state index >= 15 is 0 Å². The minimum absolute atomic E-state index is 0.0690. The number of fused-ring (bicyclic) bond motifs is 1. The first-order valence-corrected chi connectivity index (χ1v) is 8.11. The molecule has 0 atom stereocenters. The van der Waals surface area contributed by atoms with Crippen molar-refractivity contribution in [3.05, 3.63) is 51.4 Å². The average Bonchev–Trinajstić information content (AvgIpc) is 3.04. The Balaban J connectivity index is 1.96. The van der Waals surface area contributed by atoms with Crippen molar-refractivity contribution in [1.29, 1.82) is 0 Å². The van der Waals surface area contributed by atoms with Crippen LogP contribution in [0.3, 0.4) is 0 Å². The molecule has 0 saturated carbocycles. The SMILES string of the molecule is CCCn1c(CC(=O)c2ccc(Cl)s2)nc2ccccc21. The van der Waals surface area contributed by atoms with Crippen LogP contribution < -0.4 is 0 Å². The summed E-state index contributed by atoms with van der Waals surface area (Å²) < 4.78 is 2.78. The molecule has 5 heteroatoms. The van der Waals surface area contributed by atoms with Gasteiger partial charge in [0.2, 0.25) is 0 Å². The van der Waals surface area contributed by atoms with Crippen LogP contribution in [0.5, 0.6) is 0 Å². The molecular weight excluding hydrogens is 304 g/mol. The maximum atomic E-state index is 12.4. The van der Waals surface area contributed by atoms with Crippen LogP contribution in [0.15, 0.2) is 36.4 Å². The molecule has 108 valence electrons. The van der Waals surface area contributed by atoms with E-state index in [0.29, 0.717) is 15.6 Å². The molecule has 0 unspecified atom stereocenters. The van der Waals surface area contributed by atoms with Gasteiger partial charge < -0.3 is 4.57 Å². The van der Waals surface area contributed by atoms with Crippen LogP contribution in [0.4, 0.5) is 0 Å². The van der Waals surface area contributed by atoms with Gasteiger partial charge >= 0.3 is 0 Å². The molecule has 0 bridgehead atoms. The first-order valence-electron chi connectivity index (χ1n) is 6.91. The molecule has 0 fully saturated rings. The van der Waals surface area contributed by atoms with E-state index in [0.717, 1.165) is 29.8 Å². The largest absolute Gasteiger partial charge is 0.328 e. The summed E-state index contributed by atoms with van der Waals surface area (Å²) in [6, 6.07) is 11.5. The Morgan fingerprint density at radius 2 is 2.10 bits per heavy atom. The highest BCUT2D eigenvalue weighted by molar-refractivity contribution is 7.18. The highest BCUT2D eigenvalue weighted by Crippen LogP contribution is 2.24. The number of aromatic nitrogens is 2. The summed E-state index contributed by atoms with van der Waals surface area (Å²) >= 11 is 7.22. The topological polar surface area (TPSA) is 34.9 Å². The minimum atomic E-state index is 0.0690. The Morgan fingerprint density at radius 1 is 1.29 bits per heavy atom. The number of thiophene rings is 1. The van der Waals surface area contributed by atoms with E-state index in [9.17, 15) is 4.79 Å². The van der Waals surface area contributed by atoms with E-state index in [1.54, 1.807) is 12.1 Å². The molecule has 1 aromatic carbocycles. The van der Waals surface area contributed by atoms with Gasteiger partial charge in [-0.25, -0.2) is 4.98 Å². The van der Waals surface area contributed by atoms with E-state index in [1.165, 1.54) is 11.3 Å². The summed E-state index contributed by atoms with van der Waals surface area (Å²) in [6.07, 6.45) is 1.32. The lowest BCUT2D eigenvalue weighted by atomic mass is 10.2. The van der Waals surface area contributed by atoms with Crippen molar-refractivity contribution >= 4 is 39.8 Å². The molecule has 0 aliphatic rings. The third-order valence-corrected chi connectivity index (χ3v) is 4.62. The maximum Gasteiger partial charge on any atom is 0.180 e. The number of benzene rings is 1. The number of hydrogen-bond donors (Lipinski definition) is 0. The zero-order chi connectivity index (χ0) is 14.8. The second-order valence-electron chi connectivity index (χ2n) is 4.87. The van der Waals surface area contributed by atoms with Gasteiger partial charge in [-0.2, -0.15) is 0 Å². The highest BCUT2D eigenvalue weighted by Gasteiger charge is 2.16. The number of rotatable bonds is 5. The fraction of sp³-hybridized carbons (Fsp3) is 0.250. The molecule has 3 nitrogen and oxygen atoms in total. The van der Waals surface area contributed by atoms with Gasteiger partial charge in [0.15, 0.2) is 5.78 Å². The van der Waals surface area contributed by atoms with E-state index in [2.05, 4.69) is 16.5 Å². The molecule has 0 saturated heterocycles. The first kappa shape index (κ1) is 14.3. The van der Waals surface area contributed by atoms with Crippen LogP contribution in [0.25, 0.3) is 11.0 Å². The van der Waals surface area contributed by atoms with Gasteiger partial charge in [-0.15, -0.1) is 11.3 Å². The average molecular weight is 319 g/mol. The first-order chi connectivity index (χ1) is 10.2. The van der Waals surface area contributed by atoms with Crippen molar-refractivity contribution in [2.75, 3.05) is 0 Å². The molecule has 0 aliphatic heterocycles. The van der Waals surface area contributed by atoms with Crippen LogP contribution in [-0.2, 0) is 13.0 Å². The van der Waals surface area contributed by atoms with Crippen LogP contribution >= 0.6 is 22.9 Å². The predicted octanol–water partition coefficient (Wildman–Crippen LogP) is 4.59. The number of hydrogen-bond acceptors (Lipinski definition) is 3. The van der Waals surface area contributed by atoms with E-state index in [4.69, 9.17) is 11.6 Å². The third kappa shape index (κ3) is 2.87. The number of para-hydroxylation sites is 2. The van der Waals surface area contributed by atoms with Crippen molar-refractivity contribution in [3.63, 3.8) is 0 Å². The number of Topliss-reactive ketones (excluding diaryl/α,β-unsaturated/α-hetero) is 1. The summed E-state index contributed by atoms with van der Waals surface area (Å²) in [6.45, 7) is 2.99. The van der Waals surface area contributed by atoms with Crippen LogP contribution in [0, 0.1) is 0 Å². The van der Waals surface area contributed by atoms with Crippen LogP contribution in [0.2, 0.25) is 4.34 Å². The number of ketones is 1. The zero-order valence-electron chi connectivity index (χ0n) is 11.7. The Morgan fingerprint density at radius 3 is 2.81 bits per heavy atom. The van der Waals surface area contributed by atoms with Crippen molar-refractivity contribution in [1.82, 2.24) is 9.55 Å². The minimum Gasteiger partial charge on any atom is -0.328 e.